The van der Waals surface area contributed by atoms with Crippen LogP contribution in [-0.2, 0) is 0 Å². The highest BCUT2D eigenvalue weighted by Gasteiger charge is 2.31. The van der Waals surface area contributed by atoms with E-state index in [0.29, 0.717) is 18.8 Å². The number of piperazine rings is 1. The highest BCUT2D eigenvalue weighted by Crippen LogP contribution is 2.23. The van der Waals surface area contributed by atoms with Gasteiger partial charge in [-0.15, -0.1) is 0 Å². The fourth-order valence-electron chi connectivity index (χ4n) is 2.64. The predicted molar refractivity (Wildman–Crippen MR) is 80.5 cm³/mol. The number of likely N-dealkylation sites (N-methyl/N-ethyl adjacent to an activating group) is 1. The normalized spacial score (nSPS) is 19.8. The van der Waals surface area contributed by atoms with E-state index in [9.17, 15) is 4.79 Å². The molecule has 0 aromatic carbocycles. The van der Waals surface area contributed by atoms with Crippen LogP contribution < -0.4 is 0 Å². The Kier molecular flexibility index (Phi) is 3.98. The zero-order valence-electron chi connectivity index (χ0n) is 13.1. The molecule has 0 bridgehead atoms. The minimum Gasteiger partial charge on any atom is -0.360 e. The molecule has 2 aromatic heterocycles. The maximum absolute atomic E-state index is 12.6. The van der Waals surface area contributed by atoms with E-state index in [1.54, 1.807) is 18.5 Å². The molecule has 22 heavy (non-hydrogen) atoms. The quantitative estimate of drug-likeness (QED) is 0.933. The summed E-state index contributed by atoms with van der Waals surface area (Å²) in [6, 6.07) is 1.82. The first-order valence-electron chi connectivity index (χ1n) is 7.51. The van der Waals surface area contributed by atoms with Gasteiger partial charge in [-0.1, -0.05) is 19.0 Å². The average molecular weight is 303 g/mol. The minimum atomic E-state index is -0.0830. The summed E-state index contributed by atoms with van der Waals surface area (Å²) in [7, 11) is 2.04. The number of hydrogen-bond donors (Lipinski definition) is 1. The predicted octanol–water partition coefficient (Wildman–Crippen LogP) is 1.65. The third-order valence-electron chi connectivity index (χ3n) is 4.09. The van der Waals surface area contributed by atoms with Crippen LogP contribution in [0.4, 0.5) is 0 Å². The highest BCUT2D eigenvalue weighted by molar-refractivity contribution is 5.92. The molecule has 1 aliphatic heterocycles. The van der Waals surface area contributed by atoms with E-state index < -0.39 is 0 Å². The lowest BCUT2D eigenvalue weighted by Crippen LogP contribution is -2.49. The second-order valence-corrected chi connectivity index (χ2v) is 5.99. The molecule has 0 aliphatic carbocycles. The molecule has 1 amide bonds. The van der Waals surface area contributed by atoms with Gasteiger partial charge in [0.15, 0.2) is 5.69 Å². The Morgan fingerprint density at radius 3 is 2.91 bits per heavy atom. The molecule has 0 radical (unpaired) electrons. The fraction of sp³-hybridized carbons (Fsp3) is 0.533. The first kappa shape index (κ1) is 14.8. The molecule has 3 heterocycles. The van der Waals surface area contributed by atoms with Gasteiger partial charge in [0.2, 0.25) is 0 Å². The second kappa shape index (κ2) is 5.92. The van der Waals surface area contributed by atoms with Crippen LogP contribution in [0.5, 0.6) is 0 Å². The van der Waals surface area contributed by atoms with Crippen LogP contribution in [0.1, 0.15) is 47.9 Å². The fourth-order valence-corrected chi connectivity index (χ4v) is 2.64. The van der Waals surface area contributed by atoms with E-state index in [1.165, 1.54) is 0 Å². The number of H-pyrrole nitrogens is 1. The number of amides is 1. The summed E-state index contributed by atoms with van der Waals surface area (Å²) >= 11 is 0. The van der Waals surface area contributed by atoms with Gasteiger partial charge in [0.25, 0.3) is 5.91 Å². The van der Waals surface area contributed by atoms with Crippen molar-refractivity contribution < 1.29 is 9.32 Å². The Hall–Kier alpha value is -2.15. The molecule has 1 atom stereocenters. The number of nitrogens with zero attached hydrogens (tertiary/aromatic N) is 4. The SMILES string of the molecule is CC(C)c1cc(C(=O)N2CCN(C)[C@@H](c3ncc[nH]3)C2)no1. The summed E-state index contributed by atoms with van der Waals surface area (Å²) in [6.45, 7) is 6.09. The highest BCUT2D eigenvalue weighted by atomic mass is 16.5. The van der Waals surface area contributed by atoms with Crippen LogP contribution in [0.25, 0.3) is 0 Å². The first-order valence-corrected chi connectivity index (χ1v) is 7.51. The van der Waals surface area contributed by atoms with Crippen LogP contribution in [-0.4, -0.2) is 57.5 Å². The van der Waals surface area contributed by atoms with Crippen LogP contribution in [0.2, 0.25) is 0 Å². The van der Waals surface area contributed by atoms with E-state index in [-0.39, 0.29) is 17.9 Å². The molecule has 0 spiro atoms. The molecular formula is C15H21N5O2. The lowest BCUT2D eigenvalue weighted by atomic mass is 10.1. The van der Waals surface area contributed by atoms with E-state index in [0.717, 1.165) is 18.1 Å². The van der Waals surface area contributed by atoms with Gasteiger partial charge in [0, 0.05) is 44.0 Å². The van der Waals surface area contributed by atoms with Crippen molar-refractivity contribution in [1.29, 1.82) is 0 Å². The maximum Gasteiger partial charge on any atom is 0.276 e. The Morgan fingerprint density at radius 2 is 2.27 bits per heavy atom. The van der Waals surface area contributed by atoms with Gasteiger partial charge >= 0.3 is 0 Å². The standard InChI is InChI=1S/C15H21N5O2/c1-10(2)13-8-11(18-22-13)15(21)20-7-6-19(3)12(9-20)14-16-4-5-17-14/h4-5,8,10,12H,6-7,9H2,1-3H3,(H,16,17)/t12-/m1/s1. The Labute approximate surface area is 129 Å². The van der Waals surface area contributed by atoms with Crippen LogP contribution in [0.3, 0.4) is 0 Å². The Balaban J connectivity index is 1.75. The largest absolute Gasteiger partial charge is 0.360 e. The number of aromatic amines is 1. The summed E-state index contributed by atoms with van der Waals surface area (Å²) in [5, 5.41) is 3.92. The van der Waals surface area contributed by atoms with Crippen molar-refractivity contribution >= 4 is 5.91 Å². The van der Waals surface area contributed by atoms with Gasteiger partial charge in [-0.3, -0.25) is 9.69 Å². The topological polar surface area (TPSA) is 78.3 Å². The molecule has 1 aliphatic rings. The number of hydrogen-bond acceptors (Lipinski definition) is 5. The summed E-state index contributed by atoms with van der Waals surface area (Å²) in [6.07, 6.45) is 3.53. The molecular weight excluding hydrogens is 282 g/mol. The molecule has 1 fully saturated rings. The third kappa shape index (κ3) is 2.76. The number of carbonyl (C=O) groups is 1. The van der Waals surface area contributed by atoms with Crippen LogP contribution in [0.15, 0.2) is 23.0 Å². The zero-order valence-corrected chi connectivity index (χ0v) is 13.1. The average Bonchev–Trinajstić information content (AvgIpc) is 3.18. The minimum absolute atomic E-state index is 0.0733. The van der Waals surface area contributed by atoms with Gasteiger partial charge in [0.1, 0.15) is 11.6 Å². The van der Waals surface area contributed by atoms with Crippen LogP contribution >= 0.6 is 0 Å². The molecule has 118 valence electrons. The van der Waals surface area contributed by atoms with Gasteiger partial charge in [0.05, 0.1) is 6.04 Å². The van der Waals surface area contributed by atoms with Crippen molar-refractivity contribution in [2.75, 3.05) is 26.7 Å². The summed E-state index contributed by atoms with van der Waals surface area (Å²) in [5.74, 6) is 1.75. The summed E-state index contributed by atoms with van der Waals surface area (Å²) in [5.41, 5.74) is 0.381. The van der Waals surface area contributed by atoms with Crippen molar-refractivity contribution in [2.24, 2.45) is 0 Å². The van der Waals surface area contributed by atoms with Crippen molar-refractivity contribution in [3.05, 3.63) is 35.7 Å². The van der Waals surface area contributed by atoms with E-state index in [1.807, 2.05) is 25.8 Å². The molecule has 0 saturated carbocycles. The smallest absolute Gasteiger partial charge is 0.276 e. The lowest BCUT2D eigenvalue weighted by molar-refractivity contribution is 0.0525. The van der Waals surface area contributed by atoms with Crippen molar-refractivity contribution in [3.8, 4) is 0 Å². The zero-order chi connectivity index (χ0) is 15.7. The van der Waals surface area contributed by atoms with E-state index in [2.05, 4.69) is 20.0 Å². The Bertz CT molecular complexity index is 634. The van der Waals surface area contributed by atoms with Gasteiger partial charge in [-0.25, -0.2) is 4.98 Å². The summed E-state index contributed by atoms with van der Waals surface area (Å²) in [4.78, 5) is 24.1. The monoisotopic (exact) mass is 303 g/mol. The number of imidazole rings is 1. The van der Waals surface area contributed by atoms with Crippen molar-refractivity contribution in [2.45, 2.75) is 25.8 Å². The van der Waals surface area contributed by atoms with Gasteiger partial charge in [-0.05, 0) is 7.05 Å². The van der Waals surface area contributed by atoms with E-state index in [4.69, 9.17) is 4.52 Å². The van der Waals surface area contributed by atoms with E-state index >= 15 is 0 Å². The molecule has 3 rings (SSSR count). The van der Waals surface area contributed by atoms with Crippen LogP contribution in [0, 0.1) is 0 Å². The summed E-state index contributed by atoms with van der Waals surface area (Å²) < 4.78 is 5.23. The molecule has 7 nitrogen and oxygen atoms in total. The number of rotatable bonds is 3. The van der Waals surface area contributed by atoms with Crippen molar-refractivity contribution in [3.63, 3.8) is 0 Å². The molecule has 2 aromatic rings. The lowest BCUT2D eigenvalue weighted by Gasteiger charge is -2.38. The van der Waals surface area contributed by atoms with Gasteiger partial charge in [-0.2, -0.15) is 0 Å². The third-order valence-corrected chi connectivity index (χ3v) is 4.09. The van der Waals surface area contributed by atoms with Crippen molar-refractivity contribution in [1.82, 2.24) is 24.9 Å². The van der Waals surface area contributed by atoms with Gasteiger partial charge < -0.3 is 14.4 Å². The molecule has 1 N–H and O–H groups in total. The Morgan fingerprint density at radius 1 is 1.45 bits per heavy atom. The first-order chi connectivity index (χ1) is 10.6. The number of nitrogens with one attached hydrogen (secondary N) is 1. The second-order valence-electron chi connectivity index (χ2n) is 5.99. The molecule has 1 saturated heterocycles. The molecule has 7 heteroatoms. The maximum atomic E-state index is 12.6. The number of aromatic nitrogens is 3. The number of carbonyl (C=O) groups excluding carboxylic acids is 1. The molecule has 0 unspecified atom stereocenters.